The molecule has 1 heterocycles. The van der Waals surface area contributed by atoms with Gasteiger partial charge in [0, 0.05) is 49.9 Å². The highest BCUT2D eigenvalue weighted by Gasteiger charge is 2.15. The Labute approximate surface area is 181 Å². The van der Waals surface area contributed by atoms with Crippen LogP contribution < -0.4 is 5.32 Å². The summed E-state index contributed by atoms with van der Waals surface area (Å²) in [4.78, 5) is 6.60. The molecule has 4 nitrogen and oxygen atoms in total. The average Bonchev–Trinajstić information content (AvgIpc) is 2.60. The largest absolute Gasteiger partial charge is 0.381 e. The molecule has 0 atom stereocenters. The molecule has 0 saturated carbocycles. The Bertz CT molecular complexity index is 553. The van der Waals surface area contributed by atoms with E-state index in [-0.39, 0.29) is 24.0 Å². The number of hydrogen-bond donors (Lipinski definition) is 1. The first-order valence-corrected chi connectivity index (χ1v) is 9.70. The van der Waals surface area contributed by atoms with Crippen LogP contribution >= 0.6 is 51.5 Å². The highest BCUT2D eigenvalue weighted by molar-refractivity contribution is 14.0. The minimum atomic E-state index is 0. The highest BCUT2D eigenvalue weighted by Crippen LogP contribution is 2.21. The van der Waals surface area contributed by atoms with Gasteiger partial charge < -0.3 is 15.0 Å². The summed E-state index contributed by atoms with van der Waals surface area (Å²) in [6, 6.07) is 5.89. The molecule has 1 aliphatic heterocycles. The van der Waals surface area contributed by atoms with Gasteiger partial charge in [0.15, 0.2) is 5.96 Å². The standard InChI is InChI=1S/C18H27BrClN3O.HI/c1-21-18(23(2)10-6-14-7-11-24-12-8-14)22-9-5-15-13-16(20)3-4-17(15)19;/h3-4,13-14H,5-12H2,1-2H3,(H,21,22);1H. The molecule has 0 amide bonds. The Morgan fingerprint density at radius 2 is 2.12 bits per heavy atom. The van der Waals surface area contributed by atoms with Gasteiger partial charge in [-0.25, -0.2) is 0 Å². The van der Waals surface area contributed by atoms with Crippen LogP contribution in [0.5, 0.6) is 0 Å². The van der Waals surface area contributed by atoms with Crippen molar-refractivity contribution >= 4 is 57.5 Å². The highest BCUT2D eigenvalue weighted by atomic mass is 127. The first-order chi connectivity index (χ1) is 11.6. The lowest BCUT2D eigenvalue weighted by molar-refractivity contribution is 0.0625. The number of hydrogen-bond acceptors (Lipinski definition) is 2. The van der Waals surface area contributed by atoms with Crippen LogP contribution in [0.2, 0.25) is 5.02 Å². The minimum absolute atomic E-state index is 0. The molecule has 2 rings (SSSR count). The number of rotatable bonds is 6. The maximum atomic E-state index is 6.07. The van der Waals surface area contributed by atoms with Gasteiger partial charge in [-0.05, 0) is 55.4 Å². The quantitative estimate of drug-likeness (QED) is 0.324. The summed E-state index contributed by atoms with van der Waals surface area (Å²) in [5.74, 6) is 1.72. The molecule has 1 aromatic rings. The zero-order chi connectivity index (χ0) is 17.4. The van der Waals surface area contributed by atoms with E-state index in [1.807, 2.05) is 25.2 Å². The van der Waals surface area contributed by atoms with E-state index in [1.165, 1.54) is 24.8 Å². The smallest absolute Gasteiger partial charge is 0.193 e. The molecule has 0 aliphatic carbocycles. The average molecular weight is 545 g/mol. The number of nitrogens with one attached hydrogen (secondary N) is 1. The fraction of sp³-hybridized carbons (Fsp3) is 0.611. The van der Waals surface area contributed by atoms with Crippen LogP contribution in [0.3, 0.4) is 0 Å². The predicted octanol–water partition coefficient (Wildman–Crippen LogP) is 4.59. The van der Waals surface area contributed by atoms with Crippen LogP contribution in [0, 0.1) is 5.92 Å². The molecule has 1 fully saturated rings. The van der Waals surface area contributed by atoms with E-state index in [1.54, 1.807) is 0 Å². The SMILES string of the molecule is CN=C(NCCc1cc(Cl)ccc1Br)N(C)CCC1CCOCC1.I. The van der Waals surface area contributed by atoms with Gasteiger partial charge >= 0.3 is 0 Å². The minimum Gasteiger partial charge on any atom is -0.381 e. The van der Waals surface area contributed by atoms with Gasteiger partial charge in [-0.3, -0.25) is 4.99 Å². The molecular formula is C18H28BrClIN3O. The molecule has 0 aromatic heterocycles. The summed E-state index contributed by atoms with van der Waals surface area (Å²) >= 11 is 9.64. The normalized spacial score (nSPS) is 15.6. The lowest BCUT2D eigenvalue weighted by Crippen LogP contribution is -2.40. The molecule has 142 valence electrons. The van der Waals surface area contributed by atoms with Crippen LogP contribution in [-0.4, -0.2) is 51.3 Å². The fourth-order valence-electron chi connectivity index (χ4n) is 2.95. The third-order valence-electron chi connectivity index (χ3n) is 4.47. The predicted molar refractivity (Wildman–Crippen MR) is 120 cm³/mol. The second-order valence-electron chi connectivity index (χ2n) is 6.23. The zero-order valence-corrected chi connectivity index (χ0v) is 19.6. The van der Waals surface area contributed by atoms with Gasteiger partial charge in [0.25, 0.3) is 0 Å². The first-order valence-electron chi connectivity index (χ1n) is 8.53. The molecular weight excluding hydrogens is 516 g/mol. The second-order valence-corrected chi connectivity index (χ2v) is 7.52. The Morgan fingerprint density at radius 1 is 1.40 bits per heavy atom. The lowest BCUT2D eigenvalue weighted by Gasteiger charge is -2.26. The third kappa shape index (κ3) is 8.01. The fourth-order valence-corrected chi connectivity index (χ4v) is 3.59. The molecule has 0 unspecified atom stereocenters. The maximum absolute atomic E-state index is 6.07. The van der Waals surface area contributed by atoms with E-state index in [0.29, 0.717) is 0 Å². The zero-order valence-electron chi connectivity index (χ0n) is 14.9. The summed E-state index contributed by atoms with van der Waals surface area (Å²) in [5, 5.41) is 4.21. The van der Waals surface area contributed by atoms with Gasteiger partial charge in [0.1, 0.15) is 0 Å². The van der Waals surface area contributed by atoms with E-state index in [0.717, 1.165) is 54.1 Å². The van der Waals surface area contributed by atoms with Crippen molar-refractivity contribution in [3.8, 4) is 0 Å². The van der Waals surface area contributed by atoms with Crippen molar-refractivity contribution in [2.45, 2.75) is 25.7 Å². The molecule has 0 bridgehead atoms. The summed E-state index contributed by atoms with van der Waals surface area (Å²) in [6.07, 6.45) is 4.46. The second kappa shape index (κ2) is 12.4. The van der Waals surface area contributed by atoms with E-state index < -0.39 is 0 Å². The number of halogens is 3. The first kappa shape index (κ1) is 23.0. The summed E-state index contributed by atoms with van der Waals surface area (Å²) in [5.41, 5.74) is 1.20. The molecule has 1 saturated heterocycles. The van der Waals surface area contributed by atoms with Gasteiger partial charge in [0.05, 0.1) is 0 Å². The van der Waals surface area contributed by atoms with Crippen molar-refractivity contribution in [3.63, 3.8) is 0 Å². The number of aliphatic imine (C=N–C) groups is 1. The van der Waals surface area contributed by atoms with Gasteiger partial charge in [-0.1, -0.05) is 27.5 Å². The monoisotopic (exact) mass is 543 g/mol. The summed E-state index contributed by atoms with van der Waals surface area (Å²) in [7, 11) is 3.94. The third-order valence-corrected chi connectivity index (χ3v) is 5.48. The van der Waals surface area contributed by atoms with Crippen molar-refractivity contribution in [2.75, 3.05) is 40.4 Å². The van der Waals surface area contributed by atoms with E-state index in [2.05, 4.69) is 38.2 Å². The maximum Gasteiger partial charge on any atom is 0.193 e. The summed E-state index contributed by atoms with van der Waals surface area (Å²) in [6.45, 7) is 3.67. The van der Waals surface area contributed by atoms with E-state index in [4.69, 9.17) is 16.3 Å². The molecule has 1 aliphatic rings. The molecule has 25 heavy (non-hydrogen) atoms. The van der Waals surface area contributed by atoms with Crippen LogP contribution in [0.4, 0.5) is 0 Å². The van der Waals surface area contributed by atoms with Crippen molar-refractivity contribution in [1.82, 2.24) is 10.2 Å². The van der Waals surface area contributed by atoms with Crippen molar-refractivity contribution in [2.24, 2.45) is 10.9 Å². The number of benzene rings is 1. The van der Waals surface area contributed by atoms with Crippen LogP contribution in [0.1, 0.15) is 24.8 Å². The van der Waals surface area contributed by atoms with Crippen LogP contribution in [0.15, 0.2) is 27.7 Å². The molecule has 1 aromatic carbocycles. The molecule has 1 N–H and O–H groups in total. The lowest BCUT2D eigenvalue weighted by atomic mass is 9.96. The van der Waals surface area contributed by atoms with Gasteiger partial charge in [0.2, 0.25) is 0 Å². The topological polar surface area (TPSA) is 36.9 Å². The number of nitrogens with zero attached hydrogens (tertiary/aromatic N) is 2. The van der Waals surface area contributed by atoms with Crippen molar-refractivity contribution < 1.29 is 4.74 Å². The Morgan fingerprint density at radius 3 is 2.80 bits per heavy atom. The number of guanidine groups is 1. The van der Waals surface area contributed by atoms with Crippen LogP contribution in [0.25, 0.3) is 0 Å². The van der Waals surface area contributed by atoms with Crippen molar-refractivity contribution in [3.05, 3.63) is 33.3 Å². The molecule has 0 radical (unpaired) electrons. The Kier molecular flexibility index (Phi) is 11.4. The van der Waals surface area contributed by atoms with Crippen LogP contribution in [-0.2, 0) is 11.2 Å². The van der Waals surface area contributed by atoms with E-state index >= 15 is 0 Å². The Hall–Kier alpha value is -0.0500. The van der Waals surface area contributed by atoms with E-state index in [9.17, 15) is 0 Å². The Balaban J connectivity index is 0.00000312. The number of ether oxygens (including phenoxy) is 1. The van der Waals surface area contributed by atoms with Crippen molar-refractivity contribution in [1.29, 1.82) is 0 Å². The van der Waals surface area contributed by atoms with Gasteiger partial charge in [-0.15, -0.1) is 24.0 Å². The molecule has 0 spiro atoms. The summed E-state index contributed by atoms with van der Waals surface area (Å²) < 4.78 is 6.52. The van der Waals surface area contributed by atoms with Gasteiger partial charge in [-0.2, -0.15) is 0 Å². The molecule has 7 heteroatoms.